The summed E-state index contributed by atoms with van der Waals surface area (Å²) in [6.45, 7) is 2.69. The van der Waals surface area contributed by atoms with E-state index in [-0.39, 0.29) is 5.82 Å². The van der Waals surface area contributed by atoms with E-state index in [0.717, 1.165) is 12.0 Å². The van der Waals surface area contributed by atoms with E-state index < -0.39 is 0 Å². The van der Waals surface area contributed by atoms with Crippen molar-refractivity contribution in [2.24, 2.45) is 0 Å². The van der Waals surface area contributed by atoms with Crippen LogP contribution in [0.1, 0.15) is 23.6 Å². The number of para-hydroxylation sites is 1. The molecule has 0 unspecified atom stereocenters. The van der Waals surface area contributed by atoms with Gasteiger partial charge in [-0.2, -0.15) is 5.26 Å². The maximum atomic E-state index is 13.5. The van der Waals surface area contributed by atoms with Crippen molar-refractivity contribution in [1.29, 1.82) is 5.26 Å². The number of halogens is 1. The molecule has 3 heteroatoms. The molecule has 2 aromatic carbocycles. The average Bonchev–Trinajstić information content (AvgIpc) is 2.90. The van der Waals surface area contributed by atoms with Crippen molar-refractivity contribution in [3.05, 3.63) is 71.2 Å². The van der Waals surface area contributed by atoms with Gasteiger partial charge >= 0.3 is 0 Å². The molecule has 2 nitrogen and oxygen atoms in total. The number of fused-ring (bicyclic) bond motifs is 1. The summed E-state index contributed by atoms with van der Waals surface area (Å²) in [5.74, 6) is -0.365. The molecule has 0 spiro atoms. The molecule has 0 radical (unpaired) electrons. The number of nitrogens with zero attached hydrogens (tertiary/aromatic N) is 2. The van der Waals surface area contributed by atoms with Crippen molar-refractivity contribution in [3.63, 3.8) is 0 Å². The van der Waals surface area contributed by atoms with E-state index in [9.17, 15) is 4.39 Å². The van der Waals surface area contributed by atoms with Crippen LogP contribution in [0.15, 0.2) is 48.7 Å². The summed E-state index contributed by atoms with van der Waals surface area (Å²) in [5.41, 5.74) is 3.62. The van der Waals surface area contributed by atoms with Gasteiger partial charge in [-0.1, -0.05) is 25.1 Å². The van der Waals surface area contributed by atoms with Crippen molar-refractivity contribution in [1.82, 2.24) is 4.57 Å². The first-order valence-electron chi connectivity index (χ1n) is 6.97. The molecule has 0 aliphatic carbocycles. The summed E-state index contributed by atoms with van der Waals surface area (Å²) < 4.78 is 15.7. The molecule has 0 saturated carbocycles. The number of nitriles is 1. The Bertz CT molecular complexity index is 840. The summed E-state index contributed by atoms with van der Waals surface area (Å²) in [6.07, 6.45) is 2.97. The van der Waals surface area contributed by atoms with E-state index in [4.69, 9.17) is 5.26 Å². The van der Waals surface area contributed by atoms with Crippen molar-refractivity contribution in [3.8, 4) is 6.07 Å². The summed E-state index contributed by atoms with van der Waals surface area (Å²) in [6, 6.07) is 14.8. The van der Waals surface area contributed by atoms with Gasteiger partial charge in [-0.25, -0.2) is 4.39 Å². The number of benzene rings is 2. The fraction of sp³-hybridized carbons (Fsp3) is 0.167. The molecular formula is C18H15FN2. The molecule has 3 rings (SSSR count). The van der Waals surface area contributed by atoms with Crippen molar-refractivity contribution < 1.29 is 4.39 Å². The molecule has 0 atom stereocenters. The Morgan fingerprint density at radius 1 is 1.19 bits per heavy atom. The molecule has 3 aromatic rings. The normalized spacial score (nSPS) is 10.7. The smallest absolute Gasteiger partial charge is 0.124 e. The fourth-order valence-corrected chi connectivity index (χ4v) is 2.76. The standard InChI is InChI=1S/C18H15FN2/c1-2-15-4-3-5-16-6-7-21(18(15)16)12-14-8-13(11-20)9-17(19)10-14/h3-10H,2,12H2,1H3. The second-order valence-electron chi connectivity index (χ2n) is 5.11. The lowest BCUT2D eigenvalue weighted by atomic mass is 10.1. The molecule has 0 amide bonds. The summed E-state index contributed by atoms with van der Waals surface area (Å²) in [5, 5.41) is 10.1. The van der Waals surface area contributed by atoms with Crippen molar-refractivity contribution in [2.45, 2.75) is 19.9 Å². The lowest BCUT2D eigenvalue weighted by Gasteiger charge is -2.09. The second kappa shape index (κ2) is 5.41. The quantitative estimate of drug-likeness (QED) is 0.703. The Labute approximate surface area is 123 Å². The zero-order valence-electron chi connectivity index (χ0n) is 11.8. The van der Waals surface area contributed by atoms with E-state index in [1.54, 1.807) is 6.07 Å². The minimum Gasteiger partial charge on any atom is -0.343 e. The number of aryl methyl sites for hydroxylation is 1. The predicted octanol–water partition coefficient (Wildman–Crippen LogP) is 4.26. The first-order valence-corrected chi connectivity index (χ1v) is 6.97. The monoisotopic (exact) mass is 278 g/mol. The van der Waals surface area contributed by atoms with Crippen LogP contribution in [0, 0.1) is 17.1 Å². The van der Waals surface area contributed by atoms with Crippen molar-refractivity contribution >= 4 is 10.9 Å². The SMILES string of the molecule is CCc1cccc2ccn(Cc3cc(F)cc(C#N)c3)c12. The molecule has 0 N–H and O–H groups in total. The maximum Gasteiger partial charge on any atom is 0.124 e. The van der Waals surface area contributed by atoms with E-state index in [1.807, 2.05) is 12.3 Å². The van der Waals surface area contributed by atoms with Gasteiger partial charge in [0.05, 0.1) is 17.1 Å². The zero-order chi connectivity index (χ0) is 14.8. The third-order valence-corrected chi connectivity index (χ3v) is 3.69. The molecule has 1 heterocycles. The zero-order valence-corrected chi connectivity index (χ0v) is 11.8. The Morgan fingerprint density at radius 2 is 2.05 bits per heavy atom. The Morgan fingerprint density at radius 3 is 2.81 bits per heavy atom. The molecule has 0 fully saturated rings. The number of rotatable bonds is 3. The lowest BCUT2D eigenvalue weighted by molar-refractivity contribution is 0.623. The van der Waals surface area contributed by atoms with Gasteiger partial charge in [-0.15, -0.1) is 0 Å². The number of hydrogen-bond acceptors (Lipinski definition) is 1. The van der Waals surface area contributed by atoms with Crippen LogP contribution in [-0.4, -0.2) is 4.57 Å². The van der Waals surface area contributed by atoms with Gasteiger partial charge in [0.2, 0.25) is 0 Å². The van der Waals surface area contributed by atoms with Gasteiger partial charge in [-0.05, 0) is 47.2 Å². The van der Waals surface area contributed by atoms with E-state index in [2.05, 4.69) is 35.8 Å². The largest absolute Gasteiger partial charge is 0.343 e. The van der Waals surface area contributed by atoms with Gasteiger partial charge in [0.15, 0.2) is 0 Å². The summed E-state index contributed by atoms with van der Waals surface area (Å²) >= 11 is 0. The van der Waals surface area contributed by atoms with Crippen LogP contribution in [0.5, 0.6) is 0 Å². The van der Waals surface area contributed by atoms with Crippen LogP contribution < -0.4 is 0 Å². The maximum absolute atomic E-state index is 13.5. The Hall–Kier alpha value is -2.60. The third-order valence-electron chi connectivity index (χ3n) is 3.69. The first kappa shape index (κ1) is 13.4. The highest BCUT2D eigenvalue weighted by Gasteiger charge is 2.07. The highest BCUT2D eigenvalue weighted by Crippen LogP contribution is 2.22. The summed E-state index contributed by atoms with van der Waals surface area (Å²) in [4.78, 5) is 0. The molecular weight excluding hydrogens is 263 g/mol. The number of aromatic nitrogens is 1. The van der Waals surface area contributed by atoms with Gasteiger partial charge in [0.1, 0.15) is 5.82 Å². The molecule has 0 aliphatic rings. The second-order valence-corrected chi connectivity index (χ2v) is 5.11. The van der Waals surface area contributed by atoms with Crippen LogP contribution in [0.2, 0.25) is 0 Å². The fourth-order valence-electron chi connectivity index (χ4n) is 2.76. The van der Waals surface area contributed by atoms with Crippen LogP contribution in [-0.2, 0) is 13.0 Å². The Kier molecular flexibility index (Phi) is 3.45. The van der Waals surface area contributed by atoms with Gasteiger partial charge in [0.25, 0.3) is 0 Å². The topological polar surface area (TPSA) is 28.7 Å². The molecule has 0 aliphatic heterocycles. The predicted molar refractivity (Wildman–Crippen MR) is 81.5 cm³/mol. The van der Waals surface area contributed by atoms with Crippen LogP contribution >= 0.6 is 0 Å². The molecule has 1 aromatic heterocycles. The minimum atomic E-state index is -0.365. The third kappa shape index (κ3) is 2.53. The van der Waals surface area contributed by atoms with E-state index in [1.165, 1.54) is 28.6 Å². The highest BCUT2D eigenvalue weighted by molar-refractivity contribution is 5.83. The molecule has 0 saturated heterocycles. The average molecular weight is 278 g/mol. The molecule has 21 heavy (non-hydrogen) atoms. The van der Waals surface area contributed by atoms with Gasteiger partial charge in [0, 0.05) is 12.7 Å². The van der Waals surface area contributed by atoms with Crippen LogP contribution in [0.4, 0.5) is 4.39 Å². The minimum absolute atomic E-state index is 0.358. The molecule has 0 bridgehead atoms. The van der Waals surface area contributed by atoms with Crippen LogP contribution in [0.3, 0.4) is 0 Å². The highest BCUT2D eigenvalue weighted by atomic mass is 19.1. The van der Waals surface area contributed by atoms with Gasteiger partial charge in [-0.3, -0.25) is 0 Å². The number of hydrogen-bond donors (Lipinski definition) is 0. The van der Waals surface area contributed by atoms with E-state index >= 15 is 0 Å². The molecule has 104 valence electrons. The lowest BCUT2D eigenvalue weighted by Crippen LogP contribution is -2.01. The first-order chi connectivity index (χ1) is 10.2. The van der Waals surface area contributed by atoms with Crippen molar-refractivity contribution in [2.75, 3.05) is 0 Å². The summed E-state index contributed by atoms with van der Waals surface area (Å²) in [7, 11) is 0. The van der Waals surface area contributed by atoms with Crippen LogP contribution in [0.25, 0.3) is 10.9 Å². The Balaban J connectivity index is 2.07. The van der Waals surface area contributed by atoms with E-state index in [0.29, 0.717) is 12.1 Å². The van der Waals surface area contributed by atoms with Gasteiger partial charge < -0.3 is 4.57 Å².